The molecule has 0 aliphatic heterocycles. The number of nitrogens with two attached hydrogens (primary N) is 1. The van der Waals surface area contributed by atoms with Crippen molar-refractivity contribution in [2.45, 2.75) is 20.4 Å². The Balaban J connectivity index is 2.63. The van der Waals surface area contributed by atoms with E-state index in [0.29, 0.717) is 18.9 Å². The second kappa shape index (κ2) is 6.12. The van der Waals surface area contributed by atoms with Gasteiger partial charge in [0.05, 0.1) is 6.61 Å². The Morgan fingerprint density at radius 3 is 2.81 bits per heavy atom. The van der Waals surface area contributed by atoms with Crippen molar-refractivity contribution in [3.8, 4) is 5.75 Å². The predicted molar refractivity (Wildman–Crippen MR) is 61.2 cm³/mol. The molecule has 0 aromatic heterocycles. The van der Waals surface area contributed by atoms with Gasteiger partial charge in [-0.1, -0.05) is 17.7 Å². The van der Waals surface area contributed by atoms with E-state index in [4.69, 9.17) is 15.2 Å². The van der Waals surface area contributed by atoms with Crippen LogP contribution in [0.3, 0.4) is 0 Å². The average Bonchev–Trinajstić information content (AvgIpc) is 2.27. The number of aryl methyl sites for hydroxylation is 1. The fourth-order valence-corrected chi connectivity index (χ4v) is 1.35. The van der Waals surface area contributed by atoms with Gasteiger partial charge in [0.25, 0.3) is 0 Å². The molecule has 0 bridgehead atoms. The van der Waals surface area contributed by atoms with Gasteiger partial charge in [-0.15, -0.1) is 0 Å². The minimum absolute atomic E-state index is 0.0795. The van der Waals surface area contributed by atoms with Crippen LogP contribution < -0.4 is 10.5 Å². The molecule has 4 nitrogen and oxygen atoms in total. The number of esters is 1. The molecule has 88 valence electrons. The zero-order valence-electron chi connectivity index (χ0n) is 9.66. The second-order valence-electron chi connectivity index (χ2n) is 3.41. The van der Waals surface area contributed by atoms with Crippen molar-refractivity contribution in [2.24, 2.45) is 5.73 Å². The Hall–Kier alpha value is -1.55. The summed E-state index contributed by atoms with van der Waals surface area (Å²) in [4.78, 5) is 11.1. The third kappa shape index (κ3) is 3.55. The maximum absolute atomic E-state index is 11.1. The van der Waals surface area contributed by atoms with Gasteiger partial charge in [-0.05, 0) is 19.9 Å². The van der Waals surface area contributed by atoms with Crippen molar-refractivity contribution in [3.05, 3.63) is 29.3 Å². The molecular formula is C12H17NO3. The fraction of sp³-hybridized carbons (Fsp3) is 0.417. The SMILES string of the molecule is CCOC(=O)COc1ccc(C)cc1CN. The average molecular weight is 223 g/mol. The summed E-state index contributed by atoms with van der Waals surface area (Å²) in [5.41, 5.74) is 7.60. The Bertz CT molecular complexity index is 363. The van der Waals surface area contributed by atoms with Crippen molar-refractivity contribution in [1.29, 1.82) is 0 Å². The first-order valence-corrected chi connectivity index (χ1v) is 5.25. The van der Waals surface area contributed by atoms with E-state index in [1.807, 2.05) is 25.1 Å². The van der Waals surface area contributed by atoms with Crippen LogP contribution in [-0.4, -0.2) is 19.2 Å². The summed E-state index contributed by atoms with van der Waals surface area (Å²) in [5.74, 6) is 0.271. The lowest BCUT2D eigenvalue weighted by molar-refractivity contribution is -0.145. The van der Waals surface area contributed by atoms with E-state index in [2.05, 4.69) is 0 Å². The maximum Gasteiger partial charge on any atom is 0.344 e. The molecule has 1 aromatic rings. The van der Waals surface area contributed by atoms with Gasteiger partial charge >= 0.3 is 5.97 Å². The molecule has 0 spiro atoms. The Labute approximate surface area is 95.3 Å². The van der Waals surface area contributed by atoms with Gasteiger partial charge < -0.3 is 15.2 Å². The molecular weight excluding hydrogens is 206 g/mol. The van der Waals surface area contributed by atoms with E-state index >= 15 is 0 Å². The molecule has 0 fully saturated rings. The highest BCUT2D eigenvalue weighted by atomic mass is 16.6. The van der Waals surface area contributed by atoms with Crippen LogP contribution in [0.2, 0.25) is 0 Å². The van der Waals surface area contributed by atoms with E-state index in [0.717, 1.165) is 11.1 Å². The minimum atomic E-state index is -0.369. The number of carbonyl (C=O) groups excluding carboxylic acids is 1. The molecule has 2 N–H and O–H groups in total. The molecule has 0 radical (unpaired) electrons. The molecule has 0 heterocycles. The van der Waals surface area contributed by atoms with Crippen LogP contribution >= 0.6 is 0 Å². The van der Waals surface area contributed by atoms with Gasteiger partial charge in [0.15, 0.2) is 6.61 Å². The number of ether oxygens (including phenoxy) is 2. The van der Waals surface area contributed by atoms with Crippen LogP contribution in [0.25, 0.3) is 0 Å². The Morgan fingerprint density at radius 1 is 1.44 bits per heavy atom. The number of carbonyl (C=O) groups is 1. The highest BCUT2D eigenvalue weighted by Gasteiger charge is 2.06. The monoisotopic (exact) mass is 223 g/mol. The van der Waals surface area contributed by atoms with Crippen LogP contribution in [0.1, 0.15) is 18.1 Å². The second-order valence-corrected chi connectivity index (χ2v) is 3.41. The van der Waals surface area contributed by atoms with E-state index < -0.39 is 0 Å². The van der Waals surface area contributed by atoms with Crippen molar-refractivity contribution < 1.29 is 14.3 Å². The Kier molecular flexibility index (Phi) is 4.79. The molecule has 0 unspecified atom stereocenters. The molecule has 4 heteroatoms. The van der Waals surface area contributed by atoms with E-state index in [1.54, 1.807) is 6.92 Å². The molecule has 0 amide bonds. The summed E-state index contributed by atoms with van der Waals surface area (Å²) >= 11 is 0. The third-order valence-corrected chi connectivity index (χ3v) is 2.09. The lowest BCUT2D eigenvalue weighted by atomic mass is 10.1. The van der Waals surface area contributed by atoms with Crippen LogP contribution in [0.15, 0.2) is 18.2 Å². The largest absolute Gasteiger partial charge is 0.482 e. The summed E-state index contributed by atoms with van der Waals surface area (Å²) in [7, 11) is 0. The first kappa shape index (κ1) is 12.5. The van der Waals surface area contributed by atoms with E-state index in [-0.39, 0.29) is 12.6 Å². The zero-order valence-corrected chi connectivity index (χ0v) is 9.66. The number of benzene rings is 1. The zero-order chi connectivity index (χ0) is 12.0. The lowest BCUT2D eigenvalue weighted by Crippen LogP contribution is -2.15. The molecule has 0 atom stereocenters. The highest BCUT2D eigenvalue weighted by molar-refractivity contribution is 5.71. The van der Waals surface area contributed by atoms with E-state index in [1.165, 1.54) is 0 Å². The first-order chi connectivity index (χ1) is 7.67. The van der Waals surface area contributed by atoms with Crippen molar-refractivity contribution >= 4 is 5.97 Å². The van der Waals surface area contributed by atoms with Gasteiger partial charge in [-0.25, -0.2) is 4.79 Å². The van der Waals surface area contributed by atoms with Gasteiger partial charge in [0.1, 0.15) is 5.75 Å². The molecule has 0 aliphatic carbocycles. The van der Waals surface area contributed by atoms with Crippen LogP contribution in [0.4, 0.5) is 0 Å². The number of rotatable bonds is 5. The van der Waals surface area contributed by atoms with Crippen LogP contribution in [-0.2, 0) is 16.1 Å². The standard InChI is InChI=1S/C12H17NO3/c1-3-15-12(14)8-16-11-5-4-9(2)6-10(11)7-13/h4-6H,3,7-8,13H2,1-2H3. The summed E-state index contributed by atoms with van der Waals surface area (Å²) in [6.45, 7) is 4.41. The molecule has 1 rings (SSSR count). The van der Waals surface area contributed by atoms with Gasteiger partial charge in [0.2, 0.25) is 0 Å². The summed E-state index contributed by atoms with van der Waals surface area (Å²) in [6.07, 6.45) is 0. The first-order valence-electron chi connectivity index (χ1n) is 5.25. The van der Waals surface area contributed by atoms with Crippen LogP contribution in [0.5, 0.6) is 5.75 Å². The van der Waals surface area contributed by atoms with Gasteiger partial charge in [0, 0.05) is 12.1 Å². The van der Waals surface area contributed by atoms with Gasteiger partial charge in [-0.3, -0.25) is 0 Å². The molecule has 1 aromatic carbocycles. The lowest BCUT2D eigenvalue weighted by Gasteiger charge is -2.10. The molecule has 16 heavy (non-hydrogen) atoms. The van der Waals surface area contributed by atoms with E-state index in [9.17, 15) is 4.79 Å². The van der Waals surface area contributed by atoms with Crippen LogP contribution in [0, 0.1) is 6.92 Å². The smallest absolute Gasteiger partial charge is 0.344 e. The van der Waals surface area contributed by atoms with Crippen molar-refractivity contribution in [1.82, 2.24) is 0 Å². The number of hydrogen-bond donors (Lipinski definition) is 1. The maximum atomic E-state index is 11.1. The molecule has 0 saturated carbocycles. The summed E-state index contributed by atoms with van der Waals surface area (Å²) in [5, 5.41) is 0. The van der Waals surface area contributed by atoms with Gasteiger partial charge in [-0.2, -0.15) is 0 Å². The molecule has 0 saturated heterocycles. The fourth-order valence-electron chi connectivity index (χ4n) is 1.35. The quantitative estimate of drug-likeness (QED) is 0.766. The normalized spacial score (nSPS) is 9.94. The highest BCUT2D eigenvalue weighted by Crippen LogP contribution is 2.19. The molecule has 0 aliphatic rings. The predicted octanol–water partition coefficient (Wildman–Crippen LogP) is 1.40. The third-order valence-electron chi connectivity index (χ3n) is 2.09. The summed E-state index contributed by atoms with van der Waals surface area (Å²) < 4.78 is 10.1. The summed E-state index contributed by atoms with van der Waals surface area (Å²) in [6, 6.07) is 5.68. The van der Waals surface area contributed by atoms with Crippen molar-refractivity contribution in [2.75, 3.05) is 13.2 Å². The Morgan fingerprint density at radius 2 is 2.19 bits per heavy atom. The van der Waals surface area contributed by atoms with Crippen molar-refractivity contribution in [3.63, 3.8) is 0 Å². The number of hydrogen-bond acceptors (Lipinski definition) is 4. The minimum Gasteiger partial charge on any atom is -0.482 e. The topological polar surface area (TPSA) is 61.5 Å².